The van der Waals surface area contributed by atoms with Crippen LogP contribution < -0.4 is 10.1 Å². The lowest BCUT2D eigenvalue weighted by molar-refractivity contribution is -0.118. The van der Waals surface area contributed by atoms with Crippen LogP contribution in [0.15, 0.2) is 78.9 Å². The quantitative estimate of drug-likeness (QED) is 0.270. The number of ether oxygens (including phenoxy) is 1. The summed E-state index contributed by atoms with van der Waals surface area (Å²) in [5, 5.41) is 3.04. The highest BCUT2D eigenvalue weighted by atomic mass is 127. The second-order valence-corrected chi connectivity index (χ2v) is 10.9. The summed E-state index contributed by atoms with van der Waals surface area (Å²) in [6.45, 7) is 7.02. The Kier molecular flexibility index (Phi) is 9.21. The number of nitrogens with zero attached hydrogens (tertiary/aromatic N) is 1. The smallest absolute Gasteiger partial charge is 0.226 e. The molecule has 1 saturated heterocycles. The molecule has 1 heterocycles. The number of carbonyl (C=O) groups is 1. The highest BCUT2D eigenvalue weighted by Crippen LogP contribution is 2.31. The number of benzene rings is 3. The van der Waals surface area contributed by atoms with Crippen molar-refractivity contribution in [3.05, 3.63) is 93.6 Å². The first-order valence-electron chi connectivity index (χ1n) is 12.6. The zero-order valence-electron chi connectivity index (χ0n) is 20.6. The number of hydrogen-bond acceptors (Lipinski definition) is 3. The second kappa shape index (κ2) is 12.5. The Morgan fingerprint density at radius 2 is 1.74 bits per heavy atom. The minimum atomic E-state index is -0.0175. The van der Waals surface area contributed by atoms with Crippen LogP contribution >= 0.6 is 22.6 Å². The summed E-state index contributed by atoms with van der Waals surface area (Å²) in [6, 6.07) is 27.2. The molecule has 1 N–H and O–H groups in total. The fraction of sp³-hybridized carbons (Fsp3) is 0.367. The average molecular weight is 583 g/mol. The highest BCUT2D eigenvalue weighted by molar-refractivity contribution is 14.1. The second-order valence-electron chi connectivity index (χ2n) is 9.65. The number of nitrogens with one attached hydrogen (secondary N) is 1. The van der Waals surface area contributed by atoms with E-state index in [1.165, 1.54) is 14.7 Å². The van der Waals surface area contributed by atoms with Crippen LogP contribution in [-0.2, 0) is 4.79 Å². The van der Waals surface area contributed by atoms with Crippen molar-refractivity contribution in [1.82, 2.24) is 4.90 Å². The monoisotopic (exact) mass is 582 g/mol. The first kappa shape index (κ1) is 25.7. The summed E-state index contributed by atoms with van der Waals surface area (Å²) in [4.78, 5) is 14.6. The van der Waals surface area contributed by atoms with E-state index in [9.17, 15) is 4.79 Å². The lowest BCUT2D eigenvalue weighted by Gasteiger charge is -2.33. The minimum Gasteiger partial charge on any atom is -0.486 e. The van der Waals surface area contributed by atoms with E-state index in [1.807, 2.05) is 32.0 Å². The molecule has 0 spiro atoms. The summed E-state index contributed by atoms with van der Waals surface area (Å²) < 4.78 is 7.64. The molecular formula is C30H35IN2O2. The third-order valence-electron chi connectivity index (χ3n) is 6.69. The Morgan fingerprint density at radius 3 is 2.46 bits per heavy atom. The van der Waals surface area contributed by atoms with Crippen molar-refractivity contribution in [3.63, 3.8) is 0 Å². The lowest BCUT2D eigenvalue weighted by Crippen LogP contribution is -2.34. The Balaban J connectivity index is 1.33. The molecule has 0 aromatic heterocycles. The summed E-state index contributed by atoms with van der Waals surface area (Å²) >= 11 is 2.33. The van der Waals surface area contributed by atoms with Gasteiger partial charge in [0.25, 0.3) is 0 Å². The van der Waals surface area contributed by atoms with E-state index in [1.54, 1.807) is 0 Å². The van der Waals surface area contributed by atoms with E-state index in [0.29, 0.717) is 5.92 Å². The minimum absolute atomic E-state index is 0.0175. The SMILES string of the molecule is CC(C)C(=O)Nc1cccc(C2CCN(CC[C@H](Oc3cccc(I)c3)c3ccccc3)CC2)c1. The van der Waals surface area contributed by atoms with Crippen molar-refractivity contribution in [3.8, 4) is 5.75 Å². The first-order chi connectivity index (χ1) is 17.0. The molecule has 4 rings (SSSR count). The number of carbonyl (C=O) groups excluding carboxylic acids is 1. The number of halogens is 1. The van der Waals surface area contributed by atoms with Crippen LogP contribution in [0.5, 0.6) is 5.75 Å². The third-order valence-corrected chi connectivity index (χ3v) is 7.36. The van der Waals surface area contributed by atoms with Gasteiger partial charge >= 0.3 is 0 Å². The molecule has 3 aromatic carbocycles. The lowest BCUT2D eigenvalue weighted by atomic mass is 9.89. The van der Waals surface area contributed by atoms with Crippen molar-refractivity contribution < 1.29 is 9.53 Å². The molecule has 0 aliphatic carbocycles. The average Bonchev–Trinajstić information content (AvgIpc) is 2.87. The van der Waals surface area contributed by atoms with E-state index in [-0.39, 0.29) is 17.9 Å². The van der Waals surface area contributed by atoms with Crippen LogP contribution in [0.4, 0.5) is 5.69 Å². The van der Waals surface area contributed by atoms with E-state index in [2.05, 4.69) is 93.5 Å². The van der Waals surface area contributed by atoms with Crippen LogP contribution in [0, 0.1) is 9.49 Å². The van der Waals surface area contributed by atoms with E-state index in [0.717, 1.165) is 50.3 Å². The molecule has 1 aliphatic rings. The van der Waals surface area contributed by atoms with E-state index >= 15 is 0 Å². The standard InChI is InChI=1S/C30H35IN2O2/c1-22(2)30(34)32-27-12-6-10-25(20-27)23-14-17-33(18-15-23)19-16-29(24-8-4-3-5-9-24)35-28-13-7-11-26(31)21-28/h3-13,20-23,29H,14-19H2,1-2H3,(H,32,34)/t29-/m0/s1. The molecule has 1 amide bonds. The third kappa shape index (κ3) is 7.55. The molecule has 184 valence electrons. The predicted octanol–water partition coefficient (Wildman–Crippen LogP) is 7.28. The van der Waals surface area contributed by atoms with Crippen molar-refractivity contribution in [1.29, 1.82) is 0 Å². The van der Waals surface area contributed by atoms with Gasteiger partial charge in [0.2, 0.25) is 5.91 Å². The van der Waals surface area contributed by atoms with Gasteiger partial charge in [0.05, 0.1) is 0 Å². The highest BCUT2D eigenvalue weighted by Gasteiger charge is 2.23. The van der Waals surface area contributed by atoms with Crippen molar-refractivity contribution in [2.75, 3.05) is 25.0 Å². The molecule has 1 fully saturated rings. The van der Waals surface area contributed by atoms with Crippen molar-refractivity contribution in [2.45, 2.75) is 45.1 Å². The number of amides is 1. The number of hydrogen-bond donors (Lipinski definition) is 1. The Bertz CT molecular complexity index is 1090. The van der Waals surface area contributed by atoms with E-state index in [4.69, 9.17) is 4.74 Å². The topological polar surface area (TPSA) is 41.6 Å². The summed E-state index contributed by atoms with van der Waals surface area (Å²) in [7, 11) is 0. The first-order valence-corrected chi connectivity index (χ1v) is 13.7. The summed E-state index contributed by atoms with van der Waals surface area (Å²) in [5.41, 5.74) is 3.46. The summed E-state index contributed by atoms with van der Waals surface area (Å²) in [5.74, 6) is 1.51. The van der Waals surface area contributed by atoms with Crippen LogP contribution in [0.3, 0.4) is 0 Å². The van der Waals surface area contributed by atoms with Crippen LogP contribution in [0.1, 0.15) is 56.3 Å². The molecule has 35 heavy (non-hydrogen) atoms. The van der Waals surface area contributed by atoms with Gasteiger partial charge in [-0.25, -0.2) is 0 Å². The van der Waals surface area contributed by atoms with Gasteiger partial charge in [-0.15, -0.1) is 0 Å². The number of rotatable bonds is 9. The maximum Gasteiger partial charge on any atom is 0.226 e. The predicted molar refractivity (Wildman–Crippen MR) is 152 cm³/mol. The molecule has 5 heteroatoms. The van der Waals surface area contributed by atoms with Gasteiger partial charge in [-0.2, -0.15) is 0 Å². The van der Waals surface area contributed by atoms with Crippen LogP contribution in [-0.4, -0.2) is 30.4 Å². The molecule has 0 saturated carbocycles. The maximum atomic E-state index is 12.1. The van der Waals surface area contributed by atoms with E-state index < -0.39 is 0 Å². The van der Waals surface area contributed by atoms with Gasteiger partial charge < -0.3 is 15.0 Å². The molecule has 0 radical (unpaired) electrons. The number of likely N-dealkylation sites (tertiary alicyclic amines) is 1. The van der Waals surface area contributed by atoms with Gasteiger partial charge in [0, 0.05) is 28.1 Å². The van der Waals surface area contributed by atoms with Gasteiger partial charge in [-0.1, -0.05) is 62.4 Å². The molecule has 3 aromatic rings. The van der Waals surface area contributed by atoms with Gasteiger partial charge in [0.15, 0.2) is 0 Å². The van der Waals surface area contributed by atoms with Gasteiger partial charge in [0.1, 0.15) is 11.9 Å². The zero-order valence-corrected chi connectivity index (χ0v) is 22.8. The number of anilines is 1. The molecule has 1 aliphatic heterocycles. The largest absolute Gasteiger partial charge is 0.486 e. The van der Waals surface area contributed by atoms with Gasteiger partial charge in [-0.05, 0) is 95.9 Å². The van der Waals surface area contributed by atoms with Crippen molar-refractivity contribution >= 4 is 34.2 Å². The molecule has 0 bridgehead atoms. The Hall–Kier alpha value is -2.38. The molecular weight excluding hydrogens is 547 g/mol. The normalized spacial score (nSPS) is 15.7. The fourth-order valence-electron chi connectivity index (χ4n) is 4.61. The maximum absolute atomic E-state index is 12.1. The van der Waals surface area contributed by atoms with Gasteiger partial charge in [-0.3, -0.25) is 4.79 Å². The molecule has 1 atom stereocenters. The molecule has 4 nitrogen and oxygen atoms in total. The summed E-state index contributed by atoms with van der Waals surface area (Å²) in [6.07, 6.45) is 3.26. The Morgan fingerprint density at radius 1 is 1.00 bits per heavy atom. The zero-order chi connectivity index (χ0) is 24.6. The van der Waals surface area contributed by atoms with Crippen LogP contribution in [0.25, 0.3) is 0 Å². The van der Waals surface area contributed by atoms with Crippen molar-refractivity contribution in [2.24, 2.45) is 5.92 Å². The molecule has 0 unspecified atom stereocenters. The van der Waals surface area contributed by atoms with Crippen LogP contribution in [0.2, 0.25) is 0 Å². The number of piperidine rings is 1. The Labute approximate surface area is 223 Å². The fourth-order valence-corrected chi connectivity index (χ4v) is 5.13.